The van der Waals surface area contributed by atoms with Crippen molar-refractivity contribution in [1.82, 2.24) is 9.47 Å². The summed E-state index contributed by atoms with van der Waals surface area (Å²) < 4.78 is 2.07. The Morgan fingerprint density at radius 1 is 0.512 bits per heavy atom. The summed E-state index contributed by atoms with van der Waals surface area (Å²) >= 11 is 0. The van der Waals surface area contributed by atoms with Gasteiger partial charge in [-0.3, -0.25) is 14.9 Å². The normalized spacial score (nSPS) is 26.9. The van der Waals surface area contributed by atoms with E-state index in [0.717, 1.165) is 55.1 Å². The summed E-state index contributed by atoms with van der Waals surface area (Å²) in [6, 6.07) is 33.3. The standard InChI is InChI=1S/C34H26N8.Cu/c1-41-31-23-15-7-8-16-24(23)32(41)38-28-20-12-4-6-14-22(20)30(36-28)40-34-26-18-10-9-17-25(26)33(42(34)2)39-29-21-13-5-3-11-19(21)27(35-29)37-31;/h3-18,27-28,33-34H,1-2H3;/q-2;+2/b37-31-,38-32-;. The van der Waals surface area contributed by atoms with Crippen molar-refractivity contribution >= 4 is 22.4 Å². The van der Waals surface area contributed by atoms with Crippen molar-refractivity contribution in [3.63, 3.8) is 0 Å². The van der Waals surface area contributed by atoms with E-state index >= 15 is 0 Å². The molecule has 8 bridgehead atoms. The van der Waals surface area contributed by atoms with Crippen molar-refractivity contribution < 1.29 is 17.1 Å². The van der Waals surface area contributed by atoms with Crippen molar-refractivity contribution in [3.05, 3.63) is 152 Å². The fourth-order valence-corrected chi connectivity index (χ4v) is 6.75. The van der Waals surface area contributed by atoms with Crippen LogP contribution in [0.3, 0.4) is 0 Å². The van der Waals surface area contributed by atoms with Crippen LogP contribution in [-0.2, 0) is 24.1 Å². The van der Waals surface area contributed by atoms with Gasteiger partial charge in [0, 0.05) is 30.2 Å². The van der Waals surface area contributed by atoms with E-state index in [2.05, 4.69) is 77.2 Å². The molecule has 4 aliphatic heterocycles. The summed E-state index contributed by atoms with van der Waals surface area (Å²) in [5.74, 6) is 1.43. The summed E-state index contributed by atoms with van der Waals surface area (Å²) in [6.45, 7) is 0. The van der Waals surface area contributed by atoms with Gasteiger partial charge >= 0.3 is 17.1 Å². The predicted molar refractivity (Wildman–Crippen MR) is 163 cm³/mol. The van der Waals surface area contributed by atoms with E-state index in [1.54, 1.807) is 0 Å². The van der Waals surface area contributed by atoms with Crippen LogP contribution in [0.4, 0.5) is 0 Å². The van der Waals surface area contributed by atoms with Crippen molar-refractivity contribution in [1.29, 1.82) is 0 Å². The molecule has 8 nitrogen and oxygen atoms in total. The minimum Gasteiger partial charge on any atom is -0.445 e. The molecule has 4 atom stereocenters. The van der Waals surface area contributed by atoms with Crippen LogP contribution < -0.4 is 11.0 Å². The van der Waals surface area contributed by atoms with Crippen LogP contribution in [0.1, 0.15) is 58.0 Å². The molecule has 0 amide bonds. The summed E-state index contributed by atoms with van der Waals surface area (Å²) in [6.07, 6.45) is -1.30. The van der Waals surface area contributed by atoms with Gasteiger partial charge in [0.05, 0.1) is 12.3 Å². The van der Waals surface area contributed by atoms with Crippen molar-refractivity contribution in [3.8, 4) is 0 Å². The molecule has 0 spiro atoms. The number of benzene rings is 4. The van der Waals surface area contributed by atoms with Gasteiger partial charge in [-0.2, -0.15) is 0 Å². The molecular formula is C34H26CuN8. The third-order valence-corrected chi connectivity index (χ3v) is 8.80. The van der Waals surface area contributed by atoms with Crippen LogP contribution in [0.5, 0.6) is 0 Å². The zero-order chi connectivity index (χ0) is 27.9. The van der Waals surface area contributed by atoms with E-state index < -0.39 is 12.3 Å². The second-order valence-corrected chi connectivity index (χ2v) is 11.1. The molecule has 4 aromatic carbocycles. The number of hydrogen-bond donors (Lipinski definition) is 0. The average Bonchev–Trinajstić information content (AvgIpc) is 3.71. The number of aliphatic imine (C=N–C) groups is 2. The molecule has 5 aromatic rings. The Balaban J connectivity index is 0.00000278. The van der Waals surface area contributed by atoms with Crippen LogP contribution in [0.15, 0.2) is 117 Å². The molecule has 0 aliphatic carbocycles. The Morgan fingerprint density at radius 2 is 0.907 bits per heavy atom. The van der Waals surface area contributed by atoms with Gasteiger partial charge in [-0.25, -0.2) is 0 Å². The maximum Gasteiger partial charge on any atom is 2.00 e. The van der Waals surface area contributed by atoms with Crippen molar-refractivity contribution in [2.75, 3.05) is 7.05 Å². The van der Waals surface area contributed by atoms with Gasteiger partial charge in [0.15, 0.2) is 0 Å². The third-order valence-electron chi connectivity index (χ3n) is 8.80. The van der Waals surface area contributed by atoms with Crippen LogP contribution in [0.25, 0.3) is 21.4 Å². The molecule has 9 heteroatoms. The van der Waals surface area contributed by atoms with E-state index in [1.807, 2.05) is 43.4 Å². The summed E-state index contributed by atoms with van der Waals surface area (Å²) in [7, 11) is 4.11. The molecular weight excluding hydrogens is 584 g/mol. The summed E-state index contributed by atoms with van der Waals surface area (Å²) in [5.41, 5.74) is 8.07. The molecule has 1 radical (unpaired) electrons. The molecule has 9 rings (SSSR count). The largest absolute Gasteiger partial charge is 2.00 e. The molecule has 4 aliphatic rings. The SMILES string of the molecule is CN1C2/N=C3\[N-]C(/N=c4/c5ccccc5/c(n4C)=N/C4[N-]/C(=N\C1c1ccccc12)c1ccccc14)c1ccccc13.[Cu+2]. The average molecular weight is 610 g/mol. The zero-order valence-corrected chi connectivity index (χ0v) is 24.4. The van der Waals surface area contributed by atoms with E-state index in [-0.39, 0.29) is 29.4 Å². The number of fused-ring (bicyclic) bond motifs is 20. The fraction of sp³-hybridized carbons (Fsp3) is 0.176. The fourth-order valence-electron chi connectivity index (χ4n) is 6.75. The smallest absolute Gasteiger partial charge is 0.445 e. The van der Waals surface area contributed by atoms with Crippen molar-refractivity contribution in [2.24, 2.45) is 27.0 Å². The maximum atomic E-state index is 5.29. The second kappa shape index (κ2) is 9.74. The van der Waals surface area contributed by atoms with Crippen molar-refractivity contribution in [2.45, 2.75) is 24.7 Å². The summed E-state index contributed by atoms with van der Waals surface area (Å²) in [4.78, 5) is 23.3. The number of rotatable bonds is 0. The minimum atomic E-state index is -0.406. The first-order valence-corrected chi connectivity index (χ1v) is 14.2. The predicted octanol–water partition coefficient (Wildman–Crippen LogP) is 5.74. The Labute approximate surface area is 259 Å². The quantitative estimate of drug-likeness (QED) is 0.206. The van der Waals surface area contributed by atoms with Gasteiger partial charge in [-0.1, -0.05) is 109 Å². The van der Waals surface area contributed by atoms with Crippen LogP contribution in [0, 0.1) is 0 Å². The van der Waals surface area contributed by atoms with Crippen LogP contribution >= 0.6 is 0 Å². The van der Waals surface area contributed by atoms with Gasteiger partial charge in [0.2, 0.25) is 0 Å². The van der Waals surface area contributed by atoms with E-state index in [9.17, 15) is 0 Å². The molecule has 213 valence electrons. The monoisotopic (exact) mass is 609 g/mol. The van der Waals surface area contributed by atoms with Gasteiger partial charge in [-0.15, -0.1) is 0 Å². The number of amidine groups is 2. The molecule has 0 N–H and O–H groups in total. The molecule has 1 aromatic heterocycles. The van der Waals surface area contributed by atoms with Gasteiger partial charge in [0.25, 0.3) is 0 Å². The van der Waals surface area contributed by atoms with Gasteiger partial charge in [0.1, 0.15) is 11.0 Å². The first kappa shape index (κ1) is 26.1. The van der Waals surface area contributed by atoms with E-state index in [4.69, 9.17) is 30.6 Å². The third kappa shape index (κ3) is 3.79. The van der Waals surface area contributed by atoms with Crippen LogP contribution in [-0.4, -0.2) is 28.2 Å². The molecule has 5 heterocycles. The summed E-state index contributed by atoms with van der Waals surface area (Å²) in [5, 5.41) is 12.3. The maximum absolute atomic E-state index is 5.29. The molecule has 43 heavy (non-hydrogen) atoms. The number of nitrogens with zero attached hydrogens (tertiary/aromatic N) is 8. The second-order valence-electron chi connectivity index (χ2n) is 11.1. The number of hydrogen-bond acceptors (Lipinski definition) is 5. The van der Waals surface area contributed by atoms with Gasteiger partial charge in [-0.05, 0) is 40.4 Å². The molecule has 0 saturated heterocycles. The molecule has 0 saturated carbocycles. The first-order chi connectivity index (χ1) is 20.7. The zero-order valence-electron chi connectivity index (χ0n) is 23.4. The number of aromatic nitrogens is 1. The minimum absolute atomic E-state index is 0. The van der Waals surface area contributed by atoms with E-state index in [1.165, 1.54) is 0 Å². The Morgan fingerprint density at radius 3 is 1.37 bits per heavy atom. The molecule has 0 fully saturated rings. The van der Waals surface area contributed by atoms with E-state index in [0.29, 0.717) is 11.7 Å². The Bertz CT molecular complexity index is 1980. The first-order valence-electron chi connectivity index (χ1n) is 14.2. The van der Waals surface area contributed by atoms with Crippen LogP contribution in [0.2, 0.25) is 0 Å². The Kier molecular flexibility index (Phi) is 5.91. The Hall–Kier alpha value is -4.56. The topological polar surface area (TPSA) is 85.8 Å². The van der Waals surface area contributed by atoms with Gasteiger partial charge < -0.3 is 25.2 Å². The molecule has 4 unspecified atom stereocenters.